The third-order valence-electron chi connectivity index (χ3n) is 5.12. The van der Waals surface area contributed by atoms with E-state index < -0.39 is 0 Å². The van der Waals surface area contributed by atoms with Gasteiger partial charge >= 0.3 is 0 Å². The van der Waals surface area contributed by atoms with Crippen molar-refractivity contribution in [2.24, 2.45) is 0 Å². The average molecular weight is 374 g/mol. The molecule has 0 bridgehead atoms. The summed E-state index contributed by atoms with van der Waals surface area (Å²) in [6, 6.07) is 18.3. The standard InChI is InChI=1S/C21H26ClN3O/c1-17(19-5-3-2-4-6-19)23-21(26)16-25-13-11-24(12-14-25)15-18-7-9-20(22)10-8-18/h2-10,17H,11-16H2,1H3,(H,23,26)/p+2/t17-/m1/s1. The van der Waals surface area contributed by atoms with Crippen LogP contribution in [0.15, 0.2) is 54.6 Å². The summed E-state index contributed by atoms with van der Waals surface area (Å²) >= 11 is 5.95. The third-order valence-corrected chi connectivity index (χ3v) is 5.37. The van der Waals surface area contributed by atoms with E-state index in [4.69, 9.17) is 11.6 Å². The molecule has 0 unspecified atom stereocenters. The van der Waals surface area contributed by atoms with E-state index in [0.717, 1.165) is 43.3 Å². The molecule has 0 saturated carbocycles. The van der Waals surface area contributed by atoms with Crippen molar-refractivity contribution >= 4 is 17.5 Å². The molecule has 1 aliphatic heterocycles. The molecule has 2 aromatic rings. The second-order valence-corrected chi connectivity index (χ2v) is 7.62. The average Bonchev–Trinajstić information content (AvgIpc) is 2.66. The van der Waals surface area contributed by atoms with E-state index in [-0.39, 0.29) is 11.9 Å². The molecule has 0 radical (unpaired) electrons. The van der Waals surface area contributed by atoms with Gasteiger partial charge in [0.1, 0.15) is 32.7 Å². The lowest BCUT2D eigenvalue weighted by Gasteiger charge is -2.29. The molecule has 4 nitrogen and oxygen atoms in total. The summed E-state index contributed by atoms with van der Waals surface area (Å²) in [5.74, 6) is 0.137. The minimum absolute atomic E-state index is 0.0555. The summed E-state index contributed by atoms with van der Waals surface area (Å²) in [5, 5.41) is 3.91. The quantitative estimate of drug-likeness (QED) is 0.678. The molecule has 1 amide bonds. The summed E-state index contributed by atoms with van der Waals surface area (Å²) in [6.07, 6.45) is 0. The molecule has 5 heteroatoms. The topological polar surface area (TPSA) is 38.0 Å². The third kappa shape index (κ3) is 5.56. The van der Waals surface area contributed by atoms with Gasteiger partial charge in [0.25, 0.3) is 5.91 Å². The largest absolute Gasteiger partial charge is 0.345 e. The Morgan fingerprint density at radius 2 is 1.62 bits per heavy atom. The first kappa shape index (κ1) is 18.9. The summed E-state index contributed by atoms with van der Waals surface area (Å²) in [7, 11) is 0. The van der Waals surface area contributed by atoms with Crippen LogP contribution >= 0.6 is 11.6 Å². The molecule has 3 rings (SSSR count). The predicted octanol–water partition coefficient (Wildman–Crippen LogP) is 0.501. The van der Waals surface area contributed by atoms with E-state index in [9.17, 15) is 4.79 Å². The molecule has 2 aromatic carbocycles. The summed E-state index contributed by atoms with van der Waals surface area (Å²) in [4.78, 5) is 15.3. The number of benzene rings is 2. The Kier molecular flexibility index (Phi) is 6.67. The van der Waals surface area contributed by atoms with Crippen LogP contribution in [0.3, 0.4) is 0 Å². The van der Waals surface area contributed by atoms with Gasteiger partial charge in [-0.2, -0.15) is 0 Å². The van der Waals surface area contributed by atoms with Gasteiger partial charge in [0.15, 0.2) is 6.54 Å². The Morgan fingerprint density at radius 1 is 1.00 bits per heavy atom. The first-order valence-corrected chi connectivity index (χ1v) is 9.74. The summed E-state index contributed by atoms with van der Waals surface area (Å²) in [5.41, 5.74) is 2.47. The van der Waals surface area contributed by atoms with E-state index in [1.165, 1.54) is 10.5 Å². The van der Waals surface area contributed by atoms with Gasteiger partial charge in [0, 0.05) is 10.6 Å². The lowest BCUT2D eigenvalue weighted by molar-refractivity contribution is -1.02. The smallest absolute Gasteiger partial charge is 0.275 e. The Hall–Kier alpha value is -1.88. The van der Waals surface area contributed by atoms with Crippen molar-refractivity contribution in [2.45, 2.75) is 19.5 Å². The SMILES string of the molecule is C[C@@H](NC(=O)C[NH+]1CC[NH+](Cc2ccc(Cl)cc2)CC1)c1ccccc1. The lowest BCUT2D eigenvalue weighted by Crippen LogP contribution is -3.28. The zero-order valence-corrected chi connectivity index (χ0v) is 16.1. The van der Waals surface area contributed by atoms with E-state index >= 15 is 0 Å². The highest BCUT2D eigenvalue weighted by Crippen LogP contribution is 2.10. The van der Waals surface area contributed by atoms with E-state index in [1.807, 2.05) is 37.3 Å². The Bertz CT molecular complexity index is 697. The van der Waals surface area contributed by atoms with Crippen LogP contribution in [-0.4, -0.2) is 38.6 Å². The van der Waals surface area contributed by atoms with Gasteiger partial charge in [-0.3, -0.25) is 4.79 Å². The van der Waals surface area contributed by atoms with Crippen molar-refractivity contribution in [3.8, 4) is 0 Å². The number of hydrogen-bond acceptors (Lipinski definition) is 1. The molecule has 0 aliphatic carbocycles. The number of halogens is 1. The molecule has 1 fully saturated rings. The van der Waals surface area contributed by atoms with Crippen molar-refractivity contribution < 1.29 is 14.6 Å². The van der Waals surface area contributed by atoms with Crippen molar-refractivity contribution in [1.82, 2.24) is 5.32 Å². The molecule has 1 saturated heterocycles. The molecular formula is C21H28ClN3O+2. The normalized spacial score (nSPS) is 21.2. The van der Waals surface area contributed by atoms with E-state index in [0.29, 0.717) is 6.54 Å². The highest BCUT2D eigenvalue weighted by molar-refractivity contribution is 6.30. The van der Waals surface area contributed by atoms with Gasteiger partial charge < -0.3 is 15.1 Å². The van der Waals surface area contributed by atoms with Crippen molar-refractivity contribution in [1.29, 1.82) is 0 Å². The molecule has 1 atom stereocenters. The number of nitrogens with one attached hydrogen (secondary N) is 3. The van der Waals surface area contributed by atoms with E-state index in [1.54, 1.807) is 4.90 Å². The van der Waals surface area contributed by atoms with Gasteiger partial charge in [-0.25, -0.2) is 0 Å². The van der Waals surface area contributed by atoms with Gasteiger partial charge in [-0.05, 0) is 24.6 Å². The monoisotopic (exact) mass is 373 g/mol. The summed E-state index contributed by atoms with van der Waals surface area (Å²) in [6.45, 7) is 7.90. The first-order chi connectivity index (χ1) is 12.6. The number of rotatable bonds is 6. The van der Waals surface area contributed by atoms with Crippen LogP contribution in [0.4, 0.5) is 0 Å². The van der Waals surface area contributed by atoms with Crippen LogP contribution < -0.4 is 15.1 Å². The fourth-order valence-corrected chi connectivity index (χ4v) is 3.67. The first-order valence-electron chi connectivity index (χ1n) is 9.36. The Morgan fingerprint density at radius 3 is 2.27 bits per heavy atom. The van der Waals surface area contributed by atoms with E-state index in [2.05, 4.69) is 29.6 Å². The van der Waals surface area contributed by atoms with Crippen molar-refractivity contribution in [2.75, 3.05) is 32.7 Å². The van der Waals surface area contributed by atoms with Crippen LogP contribution in [0.25, 0.3) is 0 Å². The maximum atomic E-state index is 12.3. The molecule has 1 aliphatic rings. The van der Waals surface area contributed by atoms with Crippen molar-refractivity contribution in [3.05, 3.63) is 70.7 Å². The maximum Gasteiger partial charge on any atom is 0.275 e. The number of piperazine rings is 1. The Balaban J connectivity index is 1.40. The highest BCUT2D eigenvalue weighted by Gasteiger charge is 2.25. The molecule has 138 valence electrons. The van der Waals surface area contributed by atoms with Crippen molar-refractivity contribution in [3.63, 3.8) is 0 Å². The van der Waals surface area contributed by atoms with Gasteiger partial charge in [-0.15, -0.1) is 0 Å². The lowest BCUT2D eigenvalue weighted by atomic mass is 10.1. The molecule has 26 heavy (non-hydrogen) atoms. The Labute approximate surface area is 160 Å². The maximum absolute atomic E-state index is 12.3. The van der Waals surface area contributed by atoms with Crippen LogP contribution in [0.1, 0.15) is 24.1 Å². The van der Waals surface area contributed by atoms with Gasteiger partial charge in [0.2, 0.25) is 0 Å². The number of carbonyl (C=O) groups excluding carboxylic acids is 1. The zero-order chi connectivity index (χ0) is 18.4. The van der Waals surface area contributed by atoms with Gasteiger partial charge in [0.05, 0.1) is 6.04 Å². The fraction of sp³-hybridized carbons (Fsp3) is 0.381. The zero-order valence-electron chi connectivity index (χ0n) is 15.3. The number of amides is 1. The van der Waals surface area contributed by atoms with Crippen LogP contribution in [-0.2, 0) is 11.3 Å². The predicted molar refractivity (Wildman–Crippen MR) is 104 cm³/mol. The minimum Gasteiger partial charge on any atom is -0.345 e. The number of carbonyl (C=O) groups is 1. The van der Waals surface area contributed by atoms with Crippen LogP contribution in [0.2, 0.25) is 5.02 Å². The number of quaternary nitrogens is 2. The second-order valence-electron chi connectivity index (χ2n) is 7.18. The van der Waals surface area contributed by atoms with Crippen LogP contribution in [0.5, 0.6) is 0 Å². The molecule has 0 aromatic heterocycles. The molecule has 3 N–H and O–H groups in total. The molecule has 1 heterocycles. The second kappa shape index (κ2) is 9.17. The number of hydrogen-bond donors (Lipinski definition) is 3. The van der Waals surface area contributed by atoms with Gasteiger partial charge in [-0.1, -0.05) is 54.1 Å². The molecular weight excluding hydrogens is 346 g/mol. The van der Waals surface area contributed by atoms with Crippen LogP contribution in [0, 0.1) is 0 Å². The molecule has 0 spiro atoms. The minimum atomic E-state index is 0.0555. The highest BCUT2D eigenvalue weighted by atomic mass is 35.5. The summed E-state index contributed by atoms with van der Waals surface area (Å²) < 4.78 is 0. The fourth-order valence-electron chi connectivity index (χ4n) is 3.55.